The van der Waals surface area contributed by atoms with Gasteiger partial charge < -0.3 is 10.6 Å². The zero-order chi connectivity index (χ0) is 14.5. The van der Waals surface area contributed by atoms with Crippen LogP contribution in [0.1, 0.15) is 19.4 Å². The molecule has 0 radical (unpaired) electrons. The van der Waals surface area contributed by atoms with Crippen LogP contribution in [0.15, 0.2) is 42.6 Å². The van der Waals surface area contributed by atoms with Crippen molar-refractivity contribution in [3.05, 3.63) is 48.2 Å². The fourth-order valence-electron chi connectivity index (χ4n) is 2.03. The molecule has 0 bridgehead atoms. The number of anilines is 1. The van der Waals surface area contributed by atoms with E-state index in [4.69, 9.17) is 5.73 Å². The molecule has 1 aromatic heterocycles. The lowest BCUT2D eigenvalue weighted by Gasteiger charge is -2.27. The van der Waals surface area contributed by atoms with Crippen molar-refractivity contribution in [3.8, 4) is 0 Å². The number of nitrogens with two attached hydrogens (primary N) is 1. The standard InChI is InChI=1S/C15H20N4O/c1-12(2)19(10-13-6-4-3-5-7-13)15(20)11-18-9-8-14(16)17-18/h3-9,12H,10-11H2,1-2H3,(H2,16,17). The number of amides is 1. The Morgan fingerprint density at radius 3 is 2.55 bits per heavy atom. The summed E-state index contributed by atoms with van der Waals surface area (Å²) in [6.45, 7) is 4.84. The molecule has 5 nitrogen and oxygen atoms in total. The summed E-state index contributed by atoms with van der Waals surface area (Å²) in [6, 6.07) is 11.8. The highest BCUT2D eigenvalue weighted by molar-refractivity contribution is 5.76. The third-order valence-electron chi connectivity index (χ3n) is 3.10. The topological polar surface area (TPSA) is 64.2 Å². The van der Waals surface area contributed by atoms with Crippen LogP contribution >= 0.6 is 0 Å². The lowest BCUT2D eigenvalue weighted by molar-refractivity contribution is -0.134. The monoisotopic (exact) mass is 272 g/mol. The van der Waals surface area contributed by atoms with Crippen LogP contribution in [0.3, 0.4) is 0 Å². The number of nitrogens with zero attached hydrogens (tertiary/aromatic N) is 3. The highest BCUT2D eigenvalue weighted by atomic mass is 16.2. The molecule has 20 heavy (non-hydrogen) atoms. The van der Waals surface area contributed by atoms with Gasteiger partial charge in [-0.05, 0) is 25.5 Å². The molecule has 0 aliphatic carbocycles. The Balaban J connectivity index is 2.06. The third kappa shape index (κ3) is 3.60. The number of hydrogen-bond acceptors (Lipinski definition) is 3. The summed E-state index contributed by atoms with van der Waals surface area (Å²) in [7, 11) is 0. The SMILES string of the molecule is CC(C)N(Cc1ccccc1)C(=O)Cn1ccc(N)n1. The number of benzene rings is 1. The summed E-state index contributed by atoms with van der Waals surface area (Å²) < 4.78 is 1.57. The molecular formula is C15H20N4O. The van der Waals surface area contributed by atoms with E-state index >= 15 is 0 Å². The molecule has 1 aromatic carbocycles. The number of carbonyl (C=O) groups is 1. The molecule has 0 aliphatic heterocycles. The van der Waals surface area contributed by atoms with E-state index in [1.54, 1.807) is 16.9 Å². The van der Waals surface area contributed by atoms with Crippen molar-refractivity contribution >= 4 is 11.7 Å². The second-order valence-electron chi connectivity index (χ2n) is 5.04. The number of nitrogen functional groups attached to an aromatic ring is 1. The van der Waals surface area contributed by atoms with E-state index in [0.29, 0.717) is 12.4 Å². The fourth-order valence-corrected chi connectivity index (χ4v) is 2.03. The molecule has 2 aromatic rings. The summed E-state index contributed by atoms with van der Waals surface area (Å²) >= 11 is 0. The van der Waals surface area contributed by atoms with E-state index < -0.39 is 0 Å². The highest BCUT2D eigenvalue weighted by Crippen LogP contribution is 2.09. The van der Waals surface area contributed by atoms with Gasteiger partial charge in [0, 0.05) is 18.8 Å². The Bertz CT molecular complexity index is 562. The van der Waals surface area contributed by atoms with Gasteiger partial charge in [-0.15, -0.1) is 0 Å². The van der Waals surface area contributed by atoms with Crippen molar-refractivity contribution in [3.63, 3.8) is 0 Å². The highest BCUT2D eigenvalue weighted by Gasteiger charge is 2.17. The van der Waals surface area contributed by atoms with E-state index in [2.05, 4.69) is 5.10 Å². The second-order valence-corrected chi connectivity index (χ2v) is 5.04. The van der Waals surface area contributed by atoms with Gasteiger partial charge in [-0.1, -0.05) is 30.3 Å². The smallest absolute Gasteiger partial charge is 0.244 e. The van der Waals surface area contributed by atoms with Crippen LogP contribution in [-0.4, -0.2) is 26.6 Å². The van der Waals surface area contributed by atoms with Gasteiger partial charge in [0.2, 0.25) is 5.91 Å². The molecule has 1 amide bonds. The number of carbonyl (C=O) groups excluding carboxylic acids is 1. The fraction of sp³-hybridized carbons (Fsp3) is 0.333. The van der Waals surface area contributed by atoms with Crippen molar-refractivity contribution < 1.29 is 4.79 Å². The van der Waals surface area contributed by atoms with E-state index in [1.807, 2.05) is 49.1 Å². The van der Waals surface area contributed by atoms with Crippen LogP contribution in [0.2, 0.25) is 0 Å². The van der Waals surface area contributed by atoms with E-state index in [0.717, 1.165) is 5.56 Å². The maximum atomic E-state index is 12.4. The van der Waals surface area contributed by atoms with Gasteiger partial charge in [-0.25, -0.2) is 0 Å². The van der Waals surface area contributed by atoms with Crippen LogP contribution in [-0.2, 0) is 17.9 Å². The maximum absolute atomic E-state index is 12.4. The molecule has 0 spiro atoms. The number of aromatic nitrogens is 2. The first-order valence-electron chi connectivity index (χ1n) is 6.68. The molecule has 2 rings (SSSR count). The first-order chi connectivity index (χ1) is 9.56. The second kappa shape index (κ2) is 6.23. The van der Waals surface area contributed by atoms with Crippen molar-refractivity contribution in [1.82, 2.24) is 14.7 Å². The first-order valence-corrected chi connectivity index (χ1v) is 6.68. The van der Waals surface area contributed by atoms with Crippen molar-refractivity contribution in [2.75, 3.05) is 5.73 Å². The van der Waals surface area contributed by atoms with E-state index in [9.17, 15) is 4.79 Å². The Morgan fingerprint density at radius 1 is 1.30 bits per heavy atom. The van der Waals surface area contributed by atoms with Crippen molar-refractivity contribution in [2.45, 2.75) is 33.0 Å². The zero-order valence-electron chi connectivity index (χ0n) is 11.9. The quantitative estimate of drug-likeness (QED) is 0.904. The van der Waals surface area contributed by atoms with Gasteiger partial charge in [0.15, 0.2) is 0 Å². The number of rotatable bonds is 5. The van der Waals surface area contributed by atoms with Crippen LogP contribution in [0.5, 0.6) is 0 Å². The zero-order valence-corrected chi connectivity index (χ0v) is 11.9. The molecular weight excluding hydrogens is 252 g/mol. The summed E-state index contributed by atoms with van der Waals surface area (Å²) in [4.78, 5) is 14.2. The Kier molecular flexibility index (Phi) is 4.40. The van der Waals surface area contributed by atoms with Gasteiger partial charge in [0.25, 0.3) is 0 Å². The molecule has 0 saturated carbocycles. The van der Waals surface area contributed by atoms with Crippen molar-refractivity contribution in [2.24, 2.45) is 0 Å². The summed E-state index contributed by atoms with van der Waals surface area (Å²) in [6.07, 6.45) is 1.72. The molecule has 0 aliphatic rings. The third-order valence-corrected chi connectivity index (χ3v) is 3.10. The maximum Gasteiger partial charge on any atom is 0.244 e. The first kappa shape index (κ1) is 14.1. The van der Waals surface area contributed by atoms with Crippen molar-refractivity contribution in [1.29, 1.82) is 0 Å². The molecule has 5 heteroatoms. The molecule has 2 N–H and O–H groups in total. The lowest BCUT2D eigenvalue weighted by Crippen LogP contribution is -2.38. The molecule has 0 saturated heterocycles. The lowest BCUT2D eigenvalue weighted by atomic mass is 10.2. The minimum atomic E-state index is 0.0342. The predicted octanol–water partition coefficient (Wildman–Crippen LogP) is 1.90. The van der Waals surface area contributed by atoms with Gasteiger partial charge in [-0.2, -0.15) is 5.10 Å². The molecule has 1 heterocycles. The predicted molar refractivity (Wildman–Crippen MR) is 78.8 cm³/mol. The van der Waals surface area contributed by atoms with E-state index in [1.165, 1.54) is 0 Å². The molecule has 0 unspecified atom stereocenters. The summed E-state index contributed by atoms with van der Waals surface area (Å²) in [5, 5.41) is 4.05. The van der Waals surface area contributed by atoms with Crippen LogP contribution in [0.4, 0.5) is 5.82 Å². The molecule has 0 fully saturated rings. The molecule has 106 valence electrons. The Morgan fingerprint density at radius 2 is 2.00 bits per heavy atom. The minimum Gasteiger partial charge on any atom is -0.382 e. The Labute approximate surface area is 119 Å². The number of hydrogen-bond donors (Lipinski definition) is 1. The largest absolute Gasteiger partial charge is 0.382 e. The van der Waals surface area contributed by atoms with Gasteiger partial charge in [0.1, 0.15) is 12.4 Å². The van der Waals surface area contributed by atoms with Crippen LogP contribution in [0, 0.1) is 0 Å². The Hall–Kier alpha value is -2.30. The molecule has 0 atom stereocenters. The van der Waals surface area contributed by atoms with Gasteiger partial charge in [-0.3, -0.25) is 9.48 Å². The summed E-state index contributed by atoms with van der Waals surface area (Å²) in [5.41, 5.74) is 6.68. The van der Waals surface area contributed by atoms with Gasteiger partial charge in [0.05, 0.1) is 0 Å². The average molecular weight is 272 g/mol. The van der Waals surface area contributed by atoms with Crippen LogP contribution in [0.25, 0.3) is 0 Å². The summed E-state index contributed by atoms with van der Waals surface area (Å²) in [5.74, 6) is 0.462. The van der Waals surface area contributed by atoms with Gasteiger partial charge >= 0.3 is 0 Å². The minimum absolute atomic E-state index is 0.0342. The van der Waals surface area contributed by atoms with Crippen LogP contribution < -0.4 is 5.73 Å². The normalized spacial score (nSPS) is 10.8. The van der Waals surface area contributed by atoms with E-state index in [-0.39, 0.29) is 18.5 Å². The average Bonchev–Trinajstić information content (AvgIpc) is 2.82.